The molecule has 1 atom stereocenters. The molecule has 0 bridgehead atoms. The molecular weight excluding hydrogens is 460 g/mol. The lowest BCUT2D eigenvalue weighted by atomic mass is 10.0. The molecule has 3 aromatic carbocycles. The largest absolute Gasteiger partial charge is 0.483 e. The Balaban J connectivity index is 1.93. The van der Waals surface area contributed by atoms with Crippen LogP contribution in [-0.4, -0.2) is 35.9 Å². The molecule has 0 heterocycles. The van der Waals surface area contributed by atoms with Crippen LogP contribution in [0.15, 0.2) is 78.9 Å². The monoisotopic (exact) mass is 500 g/mol. The zero-order chi connectivity index (χ0) is 26.8. The Bertz CT molecular complexity index is 1160. The van der Waals surface area contributed by atoms with Crippen molar-refractivity contribution in [1.29, 1.82) is 0 Å². The van der Waals surface area contributed by atoms with E-state index in [1.165, 1.54) is 0 Å². The summed E-state index contributed by atoms with van der Waals surface area (Å²) >= 11 is 0. The lowest BCUT2D eigenvalue weighted by Crippen LogP contribution is -2.52. The Morgan fingerprint density at radius 1 is 0.865 bits per heavy atom. The van der Waals surface area contributed by atoms with E-state index < -0.39 is 6.04 Å². The lowest BCUT2D eigenvalue weighted by Gasteiger charge is -2.32. The predicted molar refractivity (Wildman–Crippen MR) is 150 cm³/mol. The molecule has 0 aliphatic rings. The van der Waals surface area contributed by atoms with E-state index in [4.69, 9.17) is 4.74 Å². The maximum atomic E-state index is 13.8. The Morgan fingerprint density at radius 3 is 2.19 bits per heavy atom. The van der Waals surface area contributed by atoms with Crippen molar-refractivity contribution < 1.29 is 14.3 Å². The van der Waals surface area contributed by atoms with Crippen molar-refractivity contribution in [1.82, 2.24) is 10.2 Å². The molecule has 1 unspecified atom stereocenters. The molecule has 5 nitrogen and oxygen atoms in total. The molecule has 0 aliphatic heterocycles. The first kappa shape index (κ1) is 28.0. The van der Waals surface area contributed by atoms with Gasteiger partial charge in [-0.15, -0.1) is 0 Å². The minimum absolute atomic E-state index is 0.141. The van der Waals surface area contributed by atoms with Gasteiger partial charge < -0.3 is 15.0 Å². The van der Waals surface area contributed by atoms with E-state index in [1.54, 1.807) is 4.90 Å². The van der Waals surface area contributed by atoms with Gasteiger partial charge in [-0.25, -0.2) is 0 Å². The molecule has 0 saturated carbocycles. The predicted octanol–water partition coefficient (Wildman–Crippen LogP) is 5.91. The summed E-state index contributed by atoms with van der Waals surface area (Å²) in [5, 5.41) is 3.06. The molecule has 0 radical (unpaired) electrons. The molecule has 0 aromatic heterocycles. The quantitative estimate of drug-likeness (QED) is 0.336. The van der Waals surface area contributed by atoms with Crippen LogP contribution in [0.2, 0.25) is 0 Å². The van der Waals surface area contributed by atoms with Gasteiger partial charge in [0.15, 0.2) is 6.61 Å². The fraction of sp³-hybridized carbons (Fsp3) is 0.375. The van der Waals surface area contributed by atoms with Crippen molar-refractivity contribution in [2.45, 2.75) is 59.5 Å². The number of carbonyl (C=O) groups excluding carboxylic acids is 2. The van der Waals surface area contributed by atoms with E-state index in [9.17, 15) is 9.59 Å². The number of rotatable bonds is 12. The minimum atomic E-state index is -0.669. The summed E-state index contributed by atoms with van der Waals surface area (Å²) in [5.41, 5.74) is 4.14. The average Bonchev–Trinajstić information content (AvgIpc) is 2.89. The molecule has 0 fully saturated rings. The molecule has 0 aliphatic carbocycles. The number of amides is 2. The van der Waals surface area contributed by atoms with Gasteiger partial charge in [-0.3, -0.25) is 9.59 Å². The Hall–Kier alpha value is -3.60. The maximum absolute atomic E-state index is 13.8. The Morgan fingerprint density at radius 2 is 1.51 bits per heavy atom. The van der Waals surface area contributed by atoms with Crippen LogP contribution in [0.25, 0.3) is 0 Å². The Labute approximate surface area is 221 Å². The van der Waals surface area contributed by atoms with E-state index in [1.807, 2.05) is 85.8 Å². The van der Waals surface area contributed by atoms with Crippen molar-refractivity contribution in [3.63, 3.8) is 0 Å². The number of carbonyl (C=O) groups is 2. The molecule has 5 heteroatoms. The summed E-state index contributed by atoms with van der Waals surface area (Å²) < 4.78 is 6.06. The Kier molecular flexibility index (Phi) is 10.3. The highest BCUT2D eigenvalue weighted by Crippen LogP contribution is 2.26. The lowest BCUT2D eigenvalue weighted by molar-refractivity contribution is -0.142. The van der Waals surface area contributed by atoms with Gasteiger partial charge in [0.05, 0.1) is 0 Å². The molecular formula is C32H40N2O3. The van der Waals surface area contributed by atoms with Gasteiger partial charge in [-0.05, 0) is 47.1 Å². The van der Waals surface area contributed by atoms with Crippen molar-refractivity contribution in [3.8, 4) is 5.75 Å². The van der Waals surface area contributed by atoms with Crippen LogP contribution >= 0.6 is 0 Å². The van der Waals surface area contributed by atoms with E-state index in [-0.39, 0.29) is 24.3 Å². The van der Waals surface area contributed by atoms with E-state index in [0.717, 1.165) is 22.3 Å². The molecule has 196 valence electrons. The average molecular weight is 501 g/mol. The number of benzene rings is 3. The van der Waals surface area contributed by atoms with Crippen molar-refractivity contribution in [2.24, 2.45) is 5.92 Å². The summed E-state index contributed by atoms with van der Waals surface area (Å²) in [4.78, 5) is 29.0. The number of ether oxygens (including phenoxy) is 1. The first-order valence-electron chi connectivity index (χ1n) is 13.1. The molecule has 37 heavy (non-hydrogen) atoms. The third-order valence-corrected chi connectivity index (χ3v) is 6.45. The fourth-order valence-corrected chi connectivity index (χ4v) is 4.26. The third kappa shape index (κ3) is 8.21. The van der Waals surface area contributed by atoms with Crippen LogP contribution in [0.3, 0.4) is 0 Å². The minimum Gasteiger partial charge on any atom is -0.483 e. The molecule has 3 rings (SSSR count). The molecule has 0 spiro atoms. The van der Waals surface area contributed by atoms with Crippen molar-refractivity contribution in [3.05, 3.63) is 101 Å². The maximum Gasteiger partial charge on any atom is 0.261 e. The summed E-state index contributed by atoms with van der Waals surface area (Å²) in [5.74, 6) is 0.898. The first-order chi connectivity index (χ1) is 17.8. The highest BCUT2D eigenvalue weighted by atomic mass is 16.5. The highest BCUT2D eigenvalue weighted by Gasteiger charge is 2.31. The molecule has 0 saturated heterocycles. The van der Waals surface area contributed by atoms with Gasteiger partial charge in [0.25, 0.3) is 5.91 Å². The van der Waals surface area contributed by atoms with Gasteiger partial charge in [0.2, 0.25) is 5.91 Å². The molecule has 3 aromatic rings. The number of hydrogen-bond donors (Lipinski definition) is 1. The van der Waals surface area contributed by atoms with E-state index >= 15 is 0 Å². The first-order valence-corrected chi connectivity index (χ1v) is 13.1. The highest BCUT2D eigenvalue weighted by molar-refractivity contribution is 5.88. The second-order valence-electron chi connectivity index (χ2n) is 10.3. The van der Waals surface area contributed by atoms with E-state index in [0.29, 0.717) is 31.2 Å². The van der Waals surface area contributed by atoms with Crippen LogP contribution in [0.4, 0.5) is 0 Å². The third-order valence-electron chi connectivity index (χ3n) is 6.45. The second-order valence-corrected chi connectivity index (χ2v) is 10.3. The number of nitrogens with one attached hydrogen (secondary N) is 1. The molecule has 2 amide bonds. The summed E-state index contributed by atoms with van der Waals surface area (Å²) in [6, 6.07) is 25.0. The van der Waals surface area contributed by atoms with Crippen molar-refractivity contribution in [2.75, 3.05) is 13.2 Å². The zero-order valence-electron chi connectivity index (χ0n) is 22.7. The summed E-state index contributed by atoms with van der Waals surface area (Å²) in [6.07, 6.45) is 0.422. The smallest absolute Gasteiger partial charge is 0.261 e. The summed E-state index contributed by atoms with van der Waals surface area (Å²) in [7, 11) is 0. The van der Waals surface area contributed by atoms with Gasteiger partial charge in [-0.1, -0.05) is 100 Å². The van der Waals surface area contributed by atoms with Gasteiger partial charge in [0, 0.05) is 19.5 Å². The van der Waals surface area contributed by atoms with Crippen LogP contribution in [0.1, 0.15) is 55.9 Å². The van der Waals surface area contributed by atoms with E-state index in [2.05, 4.69) is 33.0 Å². The number of aryl methyl sites for hydroxylation is 1. The number of hydrogen-bond acceptors (Lipinski definition) is 3. The van der Waals surface area contributed by atoms with Crippen LogP contribution < -0.4 is 10.1 Å². The van der Waals surface area contributed by atoms with Gasteiger partial charge >= 0.3 is 0 Å². The zero-order valence-corrected chi connectivity index (χ0v) is 22.7. The van der Waals surface area contributed by atoms with Gasteiger partial charge in [0.1, 0.15) is 11.8 Å². The van der Waals surface area contributed by atoms with Crippen LogP contribution in [0, 0.1) is 12.8 Å². The topological polar surface area (TPSA) is 58.6 Å². The molecule has 1 N–H and O–H groups in total. The second kappa shape index (κ2) is 13.6. The fourth-order valence-electron chi connectivity index (χ4n) is 4.26. The van der Waals surface area contributed by atoms with Crippen LogP contribution in [-0.2, 0) is 22.6 Å². The van der Waals surface area contributed by atoms with Crippen molar-refractivity contribution >= 4 is 11.8 Å². The number of para-hydroxylation sites is 1. The van der Waals surface area contributed by atoms with Gasteiger partial charge in [-0.2, -0.15) is 0 Å². The standard InChI is InChI=1S/C32H40N2O3/c1-23(2)20-33-32(36)29(19-26-14-7-6-8-15-26)34(21-27-16-10-9-13-25(27)5)31(35)22-37-30-18-12-11-17-28(30)24(3)4/h6-18,23-24,29H,19-22H2,1-5H3,(H,33,36). The number of nitrogens with zero attached hydrogens (tertiary/aromatic N) is 1. The van der Waals surface area contributed by atoms with Crippen LogP contribution in [0.5, 0.6) is 5.75 Å². The summed E-state index contributed by atoms with van der Waals surface area (Å²) in [6.45, 7) is 11.1. The normalized spacial score (nSPS) is 11.9. The SMILES string of the molecule is Cc1ccccc1CN(C(=O)COc1ccccc1C(C)C)C(Cc1ccccc1)C(=O)NCC(C)C.